The summed E-state index contributed by atoms with van der Waals surface area (Å²) in [5, 5.41) is 1.74. The van der Waals surface area contributed by atoms with Crippen molar-refractivity contribution in [1.29, 1.82) is 0 Å². The van der Waals surface area contributed by atoms with Crippen LogP contribution in [0.25, 0.3) is 21.9 Å². The molecule has 0 atom stereocenters. The Balaban J connectivity index is 1.64. The van der Waals surface area contributed by atoms with Gasteiger partial charge in [-0.1, -0.05) is 28.7 Å². The van der Waals surface area contributed by atoms with E-state index in [1.54, 1.807) is 18.2 Å². The van der Waals surface area contributed by atoms with Gasteiger partial charge in [-0.3, -0.25) is 4.84 Å². The molecule has 0 spiro atoms. The molecule has 0 radical (unpaired) electrons. The normalized spacial score (nSPS) is 12.0. The zero-order chi connectivity index (χ0) is 20.6. The van der Waals surface area contributed by atoms with Crippen molar-refractivity contribution in [2.24, 2.45) is 0 Å². The van der Waals surface area contributed by atoms with Crippen LogP contribution in [0, 0.1) is 0 Å². The highest BCUT2D eigenvalue weighted by molar-refractivity contribution is 7.89. The molecule has 0 unspecified atom stereocenters. The van der Waals surface area contributed by atoms with Crippen LogP contribution in [-0.2, 0) is 14.9 Å². The minimum atomic E-state index is -3.87. The molecule has 0 saturated heterocycles. The molecule has 0 N–H and O–H groups in total. The van der Waals surface area contributed by atoms with Gasteiger partial charge in [0.1, 0.15) is 16.9 Å². The largest absolute Gasteiger partial charge is 0.456 e. The van der Waals surface area contributed by atoms with E-state index in [0.29, 0.717) is 11.3 Å². The molecule has 8 heteroatoms. The molecular weight excluding hydrogens is 394 g/mol. The number of hydrogen-bond donors (Lipinski definition) is 0. The fraction of sp³-hybridized carbons (Fsp3) is 0.0952. The van der Waals surface area contributed by atoms with Crippen LogP contribution in [0.3, 0.4) is 0 Å². The van der Waals surface area contributed by atoms with Gasteiger partial charge in [0.2, 0.25) is 0 Å². The number of hydroxylamine groups is 1. The summed E-state index contributed by atoms with van der Waals surface area (Å²) in [6.07, 6.45) is 0. The molecule has 0 amide bonds. The van der Waals surface area contributed by atoms with E-state index >= 15 is 0 Å². The number of para-hydroxylation sites is 1. The summed E-state index contributed by atoms with van der Waals surface area (Å²) in [6, 6.07) is 18.2. The molecule has 4 rings (SSSR count). The molecule has 0 saturated carbocycles. The minimum Gasteiger partial charge on any atom is -0.456 e. The van der Waals surface area contributed by atoms with Gasteiger partial charge in [0.15, 0.2) is 0 Å². The lowest BCUT2D eigenvalue weighted by atomic mass is 10.1. The maximum absolute atomic E-state index is 12.6. The third kappa shape index (κ3) is 3.49. The number of carbonyl (C=O) groups is 1. The Kier molecular flexibility index (Phi) is 4.83. The van der Waals surface area contributed by atoms with E-state index in [1.165, 1.54) is 38.4 Å². The molecule has 7 nitrogen and oxygen atoms in total. The number of hydrogen-bond acceptors (Lipinski definition) is 6. The van der Waals surface area contributed by atoms with E-state index < -0.39 is 16.0 Å². The second-order valence-electron chi connectivity index (χ2n) is 6.27. The molecular formula is C21H17NO6S. The predicted octanol–water partition coefficient (Wildman–Crippen LogP) is 3.99. The molecule has 148 valence electrons. The predicted molar refractivity (Wildman–Crippen MR) is 107 cm³/mol. The van der Waals surface area contributed by atoms with Crippen molar-refractivity contribution in [3.8, 4) is 5.75 Å². The first kappa shape index (κ1) is 19.1. The molecule has 0 aliphatic carbocycles. The van der Waals surface area contributed by atoms with Crippen molar-refractivity contribution >= 4 is 37.9 Å². The monoisotopic (exact) mass is 411 g/mol. The van der Waals surface area contributed by atoms with Crippen LogP contribution in [0.15, 0.2) is 76.0 Å². The van der Waals surface area contributed by atoms with Crippen LogP contribution in [0.4, 0.5) is 0 Å². The number of rotatable bonds is 5. The summed E-state index contributed by atoms with van der Waals surface area (Å²) in [5.74, 6) is -0.342. The number of furan rings is 1. The Morgan fingerprint density at radius 1 is 0.931 bits per heavy atom. The van der Waals surface area contributed by atoms with Gasteiger partial charge in [0.05, 0.1) is 17.6 Å². The van der Waals surface area contributed by atoms with E-state index in [-0.39, 0.29) is 10.5 Å². The number of ether oxygens (including phenoxy) is 1. The second-order valence-corrected chi connectivity index (χ2v) is 8.21. The van der Waals surface area contributed by atoms with Crippen LogP contribution in [0.2, 0.25) is 0 Å². The first-order valence-corrected chi connectivity index (χ1v) is 10.1. The highest BCUT2D eigenvalue weighted by Crippen LogP contribution is 2.31. The highest BCUT2D eigenvalue weighted by atomic mass is 32.2. The maximum atomic E-state index is 12.6. The van der Waals surface area contributed by atoms with Gasteiger partial charge < -0.3 is 9.15 Å². The molecule has 0 aliphatic rings. The fourth-order valence-corrected chi connectivity index (χ4v) is 3.98. The van der Waals surface area contributed by atoms with Gasteiger partial charge in [-0.25, -0.2) is 13.2 Å². The second kappa shape index (κ2) is 7.32. The lowest BCUT2D eigenvalue weighted by molar-refractivity contribution is -0.0258. The standard InChI is InChI=1S/C21H17NO6S/c1-22(26-2)29(24,25)16-7-5-6-14(12-16)21(23)27-15-10-11-20-18(13-15)17-8-3-4-9-19(17)28-20/h3-13H,1-2H3. The third-order valence-electron chi connectivity index (χ3n) is 4.52. The first-order chi connectivity index (χ1) is 13.9. The average molecular weight is 411 g/mol. The van der Waals surface area contributed by atoms with E-state index in [2.05, 4.69) is 0 Å². The van der Waals surface area contributed by atoms with Gasteiger partial charge in [0.25, 0.3) is 10.0 Å². The zero-order valence-electron chi connectivity index (χ0n) is 15.7. The molecule has 1 heterocycles. The van der Waals surface area contributed by atoms with Gasteiger partial charge in [-0.2, -0.15) is 0 Å². The van der Waals surface area contributed by atoms with Crippen LogP contribution in [0.1, 0.15) is 10.4 Å². The topological polar surface area (TPSA) is 86.0 Å². The summed E-state index contributed by atoms with van der Waals surface area (Å²) >= 11 is 0. The van der Waals surface area contributed by atoms with Crippen molar-refractivity contribution in [3.05, 3.63) is 72.3 Å². The summed E-state index contributed by atoms with van der Waals surface area (Å²) in [7, 11) is -1.36. The van der Waals surface area contributed by atoms with Gasteiger partial charge in [-0.05, 0) is 42.5 Å². The van der Waals surface area contributed by atoms with E-state index in [1.807, 2.05) is 24.3 Å². The lowest BCUT2D eigenvalue weighted by Crippen LogP contribution is -2.26. The zero-order valence-corrected chi connectivity index (χ0v) is 16.5. The van der Waals surface area contributed by atoms with Crippen LogP contribution in [-0.4, -0.2) is 33.0 Å². The Morgan fingerprint density at radius 2 is 1.69 bits per heavy atom. The van der Waals surface area contributed by atoms with E-state index in [9.17, 15) is 13.2 Å². The number of carbonyl (C=O) groups excluding carboxylic acids is 1. The summed E-state index contributed by atoms with van der Waals surface area (Å²) in [6.45, 7) is 0. The third-order valence-corrected chi connectivity index (χ3v) is 6.20. The summed E-state index contributed by atoms with van der Waals surface area (Å²) in [4.78, 5) is 17.3. The average Bonchev–Trinajstić information content (AvgIpc) is 3.11. The van der Waals surface area contributed by atoms with Gasteiger partial charge >= 0.3 is 5.97 Å². The van der Waals surface area contributed by atoms with Crippen LogP contribution >= 0.6 is 0 Å². The maximum Gasteiger partial charge on any atom is 0.343 e. The molecule has 1 aromatic heterocycles. The van der Waals surface area contributed by atoms with Crippen molar-refractivity contribution in [2.45, 2.75) is 4.90 Å². The quantitative estimate of drug-likeness (QED) is 0.280. The Labute approximate surface area is 167 Å². The molecule has 0 bridgehead atoms. The number of esters is 1. The van der Waals surface area contributed by atoms with E-state index in [4.69, 9.17) is 14.0 Å². The van der Waals surface area contributed by atoms with E-state index in [0.717, 1.165) is 20.8 Å². The molecule has 0 fully saturated rings. The highest BCUT2D eigenvalue weighted by Gasteiger charge is 2.22. The molecule has 29 heavy (non-hydrogen) atoms. The Bertz CT molecular complexity index is 1330. The molecule has 4 aromatic rings. The van der Waals surface area contributed by atoms with Gasteiger partial charge in [0, 0.05) is 17.8 Å². The Morgan fingerprint density at radius 3 is 2.48 bits per heavy atom. The van der Waals surface area contributed by atoms with Crippen LogP contribution < -0.4 is 4.74 Å². The number of sulfonamides is 1. The summed E-state index contributed by atoms with van der Waals surface area (Å²) in [5.41, 5.74) is 1.53. The van der Waals surface area contributed by atoms with Crippen LogP contribution in [0.5, 0.6) is 5.75 Å². The number of benzene rings is 3. The smallest absolute Gasteiger partial charge is 0.343 e. The SMILES string of the molecule is CON(C)S(=O)(=O)c1cccc(C(=O)Oc2ccc3oc4ccccc4c3c2)c1. The molecule has 3 aromatic carbocycles. The summed E-state index contributed by atoms with van der Waals surface area (Å²) < 4.78 is 36.7. The van der Waals surface area contributed by atoms with Crippen molar-refractivity contribution < 1.29 is 27.2 Å². The van der Waals surface area contributed by atoms with Crippen molar-refractivity contribution in [3.63, 3.8) is 0 Å². The molecule has 0 aliphatic heterocycles. The van der Waals surface area contributed by atoms with Crippen molar-refractivity contribution in [1.82, 2.24) is 4.47 Å². The fourth-order valence-electron chi connectivity index (χ4n) is 2.96. The number of fused-ring (bicyclic) bond motifs is 3. The Hall–Kier alpha value is -3.20. The lowest BCUT2D eigenvalue weighted by Gasteiger charge is -2.14. The van der Waals surface area contributed by atoms with Crippen molar-refractivity contribution in [2.75, 3.05) is 14.2 Å². The number of nitrogens with zero attached hydrogens (tertiary/aromatic N) is 1. The minimum absolute atomic E-state index is 0.0763. The van der Waals surface area contributed by atoms with Gasteiger partial charge in [-0.15, -0.1) is 0 Å². The first-order valence-electron chi connectivity index (χ1n) is 8.67.